The van der Waals surface area contributed by atoms with Crippen molar-refractivity contribution >= 4 is 22.8 Å². The molecule has 6 heteroatoms. The number of esters is 1. The lowest BCUT2D eigenvalue weighted by atomic mass is 10.1. The predicted molar refractivity (Wildman–Crippen MR) is 61.6 cm³/mol. The Balaban J connectivity index is 2.80. The number of nitrogens with zero attached hydrogens (tertiary/aromatic N) is 1. The Morgan fingerprint density at radius 1 is 1.33 bits per heavy atom. The number of carbonyl (C=O) groups excluding carboxylic acids is 2. The van der Waals surface area contributed by atoms with Crippen LogP contribution in [0.3, 0.4) is 0 Å². The summed E-state index contributed by atoms with van der Waals surface area (Å²) in [5, 5.41) is 0.397. The number of ether oxygens (including phenoxy) is 1. The largest absolute Gasteiger partial charge is 0.465 e. The highest BCUT2D eigenvalue weighted by atomic mass is 19.1. The maximum atomic E-state index is 13.1. The van der Waals surface area contributed by atoms with E-state index in [2.05, 4.69) is 9.72 Å². The van der Waals surface area contributed by atoms with Crippen LogP contribution in [0.2, 0.25) is 0 Å². The van der Waals surface area contributed by atoms with Gasteiger partial charge in [0.05, 0.1) is 18.2 Å². The molecule has 0 atom stereocenters. The third kappa shape index (κ3) is 2.00. The first-order valence-electron chi connectivity index (χ1n) is 5.01. The first-order valence-corrected chi connectivity index (χ1v) is 5.01. The first-order chi connectivity index (χ1) is 8.52. The molecule has 0 fully saturated rings. The van der Waals surface area contributed by atoms with Crippen LogP contribution in [0.5, 0.6) is 0 Å². The van der Waals surface area contributed by atoms with E-state index in [0.29, 0.717) is 5.39 Å². The molecule has 1 heterocycles. The molecule has 2 N–H and O–H groups in total. The quantitative estimate of drug-likeness (QED) is 0.811. The number of amides is 1. The standard InChI is InChI=1S/C12H9FN2O3/c1-18-12(17)8-5-10(11(14)16)15-9-4-6(13)2-3-7(8)9/h2-5H,1H3,(H2,14,16). The van der Waals surface area contributed by atoms with Gasteiger partial charge in [-0.05, 0) is 18.2 Å². The minimum Gasteiger partial charge on any atom is -0.465 e. The molecule has 18 heavy (non-hydrogen) atoms. The number of methoxy groups -OCH3 is 1. The molecule has 5 nitrogen and oxygen atoms in total. The smallest absolute Gasteiger partial charge is 0.338 e. The SMILES string of the molecule is COC(=O)c1cc(C(N)=O)nc2cc(F)ccc12. The van der Waals surface area contributed by atoms with Crippen molar-refractivity contribution in [1.29, 1.82) is 0 Å². The van der Waals surface area contributed by atoms with Gasteiger partial charge >= 0.3 is 5.97 Å². The molecule has 2 rings (SSSR count). The molecule has 0 spiro atoms. The lowest BCUT2D eigenvalue weighted by molar-refractivity contribution is 0.0603. The highest BCUT2D eigenvalue weighted by molar-refractivity contribution is 6.06. The summed E-state index contributed by atoms with van der Waals surface area (Å²) >= 11 is 0. The second-order valence-corrected chi connectivity index (χ2v) is 3.57. The fraction of sp³-hybridized carbons (Fsp3) is 0.0833. The summed E-state index contributed by atoms with van der Waals surface area (Å²) in [6.07, 6.45) is 0. The topological polar surface area (TPSA) is 82.3 Å². The average molecular weight is 248 g/mol. The van der Waals surface area contributed by atoms with Crippen molar-refractivity contribution in [2.24, 2.45) is 5.73 Å². The van der Waals surface area contributed by atoms with Crippen molar-refractivity contribution in [2.75, 3.05) is 7.11 Å². The molecule has 0 bridgehead atoms. The van der Waals surface area contributed by atoms with Crippen LogP contribution < -0.4 is 5.73 Å². The van der Waals surface area contributed by atoms with E-state index in [0.717, 1.165) is 6.07 Å². The number of pyridine rings is 1. The zero-order valence-corrected chi connectivity index (χ0v) is 9.44. The molecular formula is C12H9FN2O3. The van der Waals surface area contributed by atoms with Crippen molar-refractivity contribution < 1.29 is 18.7 Å². The van der Waals surface area contributed by atoms with Crippen molar-refractivity contribution in [3.63, 3.8) is 0 Å². The Labute approximate surface area is 101 Å². The fourth-order valence-corrected chi connectivity index (χ4v) is 1.61. The van der Waals surface area contributed by atoms with Gasteiger partial charge in [-0.25, -0.2) is 14.2 Å². The van der Waals surface area contributed by atoms with Crippen molar-refractivity contribution in [3.8, 4) is 0 Å². The summed E-state index contributed by atoms with van der Waals surface area (Å²) in [6, 6.07) is 4.94. The van der Waals surface area contributed by atoms with Crippen molar-refractivity contribution in [2.45, 2.75) is 0 Å². The second kappa shape index (κ2) is 4.40. The highest BCUT2D eigenvalue weighted by Crippen LogP contribution is 2.20. The summed E-state index contributed by atoms with van der Waals surface area (Å²) in [6.45, 7) is 0. The Bertz CT molecular complexity index is 655. The van der Waals surface area contributed by atoms with Gasteiger partial charge in [-0.15, -0.1) is 0 Å². The molecule has 0 saturated heterocycles. The molecule has 0 saturated carbocycles. The maximum Gasteiger partial charge on any atom is 0.338 e. The number of carbonyl (C=O) groups is 2. The van der Waals surface area contributed by atoms with Gasteiger partial charge in [0.25, 0.3) is 5.91 Å². The summed E-state index contributed by atoms with van der Waals surface area (Å²) in [5.41, 5.74) is 5.28. The van der Waals surface area contributed by atoms with E-state index < -0.39 is 17.7 Å². The third-order valence-electron chi connectivity index (χ3n) is 2.43. The third-order valence-corrected chi connectivity index (χ3v) is 2.43. The van der Waals surface area contributed by atoms with E-state index in [-0.39, 0.29) is 16.8 Å². The number of halogens is 1. The normalized spacial score (nSPS) is 10.3. The van der Waals surface area contributed by atoms with Crippen LogP contribution in [0.4, 0.5) is 4.39 Å². The van der Waals surface area contributed by atoms with Crippen LogP contribution in [-0.2, 0) is 4.74 Å². The molecule has 1 aromatic heterocycles. The minimum absolute atomic E-state index is 0.117. The number of nitrogens with two attached hydrogens (primary N) is 1. The molecule has 92 valence electrons. The van der Waals surface area contributed by atoms with Gasteiger partial charge in [0.1, 0.15) is 11.5 Å². The van der Waals surface area contributed by atoms with Crippen LogP contribution in [0.15, 0.2) is 24.3 Å². The molecule has 0 aliphatic heterocycles. The molecular weight excluding hydrogens is 239 g/mol. The van der Waals surface area contributed by atoms with Crippen molar-refractivity contribution in [3.05, 3.63) is 41.3 Å². The second-order valence-electron chi connectivity index (χ2n) is 3.57. The molecule has 0 radical (unpaired) electrons. The number of rotatable bonds is 2. The first kappa shape index (κ1) is 12.0. The Morgan fingerprint density at radius 2 is 2.06 bits per heavy atom. The van der Waals surface area contributed by atoms with E-state index in [9.17, 15) is 14.0 Å². The lowest BCUT2D eigenvalue weighted by Gasteiger charge is -2.06. The van der Waals surface area contributed by atoms with Gasteiger partial charge < -0.3 is 10.5 Å². The molecule has 2 aromatic rings. The van der Waals surface area contributed by atoms with Gasteiger partial charge in [0, 0.05) is 11.5 Å². The van der Waals surface area contributed by atoms with Gasteiger partial charge in [-0.1, -0.05) is 0 Å². The Kier molecular flexibility index (Phi) is 2.93. The number of benzene rings is 1. The minimum atomic E-state index is -0.800. The molecule has 0 unspecified atom stereocenters. The van der Waals surface area contributed by atoms with E-state index in [1.54, 1.807) is 0 Å². The van der Waals surface area contributed by atoms with E-state index in [4.69, 9.17) is 5.73 Å². The summed E-state index contributed by atoms with van der Waals surface area (Å²) < 4.78 is 17.7. The summed E-state index contributed by atoms with van der Waals surface area (Å²) in [4.78, 5) is 26.6. The molecule has 1 aromatic carbocycles. The lowest BCUT2D eigenvalue weighted by Crippen LogP contribution is -2.15. The number of hydrogen-bond acceptors (Lipinski definition) is 4. The zero-order chi connectivity index (χ0) is 13.3. The fourth-order valence-electron chi connectivity index (χ4n) is 1.61. The van der Waals surface area contributed by atoms with Crippen LogP contribution in [0.1, 0.15) is 20.8 Å². The van der Waals surface area contributed by atoms with Crippen LogP contribution in [0.25, 0.3) is 10.9 Å². The van der Waals surface area contributed by atoms with Crippen LogP contribution in [-0.4, -0.2) is 24.0 Å². The highest BCUT2D eigenvalue weighted by Gasteiger charge is 2.15. The van der Waals surface area contributed by atoms with Crippen LogP contribution in [0, 0.1) is 5.82 Å². The van der Waals surface area contributed by atoms with Crippen molar-refractivity contribution in [1.82, 2.24) is 4.98 Å². The summed E-state index contributed by atoms with van der Waals surface area (Å²) in [5.74, 6) is -1.96. The zero-order valence-electron chi connectivity index (χ0n) is 9.44. The molecule has 0 aliphatic rings. The van der Waals surface area contributed by atoms with E-state index in [1.807, 2.05) is 0 Å². The number of fused-ring (bicyclic) bond motifs is 1. The van der Waals surface area contributed by atoms with E-state index >= 15 is 0 Å². The monoisotopic (exact) mass is 248 g/mol. The maximum absolute atomic E-state index is 13.1. The predicted octanol–water partition coefficient (Wildman–Crippen LogP) is 1.26. The van der Waals surface area contributed by atoms with Gasteiger partial charge in [0.2, 0.25) is 0 Å². The molecule has 1 amide bonds. The average Bonchev–Trinajstić information content (AvgIpc) is 2.35. The number of aromatic nitrogens is 1. The van der Waals surface area contributed by atoms with Crippen LogP contribution >= 0.6 is 0 Å². The van der Waals surface area contributed by atoms with Gasteiger partial charge in [-0.2, -0.15) is 0 Å². The van der Waals surface area contributed by atoms with Gasteiger partial charge in [0.15, 0.2) is 0 Å². The van der Waals surface area contributed by atoms with Gasteiger partial charge in [-0.3, -0.25) is 4.79 Å². The Morgan fingerprint density at radius 3 is 2.67 bits per heavy atom. The number of hydrogen-bond donors (Lipinski definition) is 1. The Hall–Kier alpha value is -2.50. The number of primary amides is 1. The summed E-state index contributed by atoms with van der Waals surface area (Å²) in [7, 11) is 1.21. The molecule has 0 aliphatic carbocycles. The van der Waals surface area contributed by atoms with E-state index in [1.165, 1.54) is 25.3 Å².